The van der Waals surface area contributed by atoms with Gasteiger partial charge in [-0.2, -0.15) is 5.10 Å². The third-order valence-electron chi connectivity index (χ3n) is 4.02. The first-order valence-electron chi connectivity index (χ1n) is 7.28. The normalized spacial score (nSPS) is 21.0. The van der Waals surface area contributed by atoms with E-state index in [1.807, 2.05) is 0 Å². The lowest BCUT2D eigenvalue weighted by atomic mass is 9.96. The van der Waals surface area contributed by atoms with Gasteiger partial charge in [-0.1, -0.05) is 18.5 Å². The Morgan fingerprint density at radius 3 is 3.00 bits per heavy atom. The van der Waals surface area contributed by atoms with Crippen LogP contribution in [0.15, 0.2) is 11.0 Å². The summed E-state index contributed by atoms with van der Waals surface area (Å²) in [5, 5.41) is 7.86. The zero-order valence-electron chi connectivity index (χ0n) is 12.4. The van der Waals surface area contributed by atoms with Crippen LogP contribution < -0.4 is 15.8 Å². The zero-order chi connectivity index (χ0) is 14.7. The van der Waals surface area contributed by atoms with E-state index in [9.17, 15) is 4.79 Å². The van der Waals surface area contributed by atoms with Gasteiger partial charge in [0.2, 0.25) is 0 Å². The summed E-state index contributed by atoms with van der Waals surface area (Å²) in [7, 11) is 1.62. The molecular formula is C14H23ClN4O. The Labute approximate surface area is 124 Å². The summed E-state index contributed by atoms with van der Waals surface area (Å²) in [6, 6.07) is 0.718. The van der Waals surface area contributed by atoms with E-state index < -0.39 is 0 Å². The van der Waals surface area contributed by atoms with Crippen molar-refractivity contribution in [2.45, 2.75) is 45.2 Å². The van der Waals surface area contributed by atoms with Crippen LogP contribution in [0.2, 0.25) is 5.02 Å². The third-order valence-corrected chi connectivity index (χ3v) is 4.38. The van der Waals surface area contributed by atoms with E-state index in [1.165, 1.54) is 11.1 Å². The van der Waals surface area contributed by atoms with Gasteiger partial charge in [0.05, 0.1) is 11.9 Å². The van der Waals surface area contributed by atoms with Gasteiger partial charge in [-0.25, -0.2) is 4.68 Å². The average molecular weight is 299 g/mol. The SMILES string of the molecule is CCNC(C)C1CCCCN1c1cnn(C)c(=O)c1Cl. The number of rotatable bonds is 4. The Bertz CT molecular complexity index is 516. The maximum absolute atomic E-state index is 12.0. The summed E-state index contributed by atoms with van der Waals surface area (Å²) < 4.78 is 1.28. The van der Waals surface area contributed by atoms with Crippen molar-refractivity contribution < 1.29 is 0 Å². The number of piperidine rings is 1. The molecular weight excluding hydrogens is 276 g/mol. The van der Waals surface area contributed by atoms with E-state index in [-0.39, 0.29) is 10.6 Å². The second kappa shape index (κ2) is 6.59. The molecule has 0 spiro atoms. The fraction of sp³-hybridized carbons (Fsp3) is 0.714. The fourth-order valence-electron chi connectivity index (χ4n) is 2.94. The number of aryl methyl sites for hydroxylation is 1. The lowest BCUT2D eigenvalue weighted by molar-refractivity contribution is 0.371. The maximum Gasteiger partial charge on any atom is 0.287 e. The van der Waals surface area contributed by atoms with Crippen molar-refractivity contribution in [2.24, 2.45) is 7.05 Å². The first-order valence-corrected chi connectivity index (χ1v) is 7.66. The minimum Gasteiger partial charge on any atom is -0.364 e. The summed E-state index contributed by atoms with van der Waals surface area (Å²) in [6.07, 6.45) is 5.16. The summed E-state index contributed by atoms with van der Waals surface area (Å²) >= 11 is 6.24. The van der Waals surface area contributed by atoms with Gasteiger partial charge in [0.15, 0.2) is 0 Å². The molecule has 6 heteroatoms. The van der Waals surface area contributed by atoms with Gasteiger partial charge in [-0.3, -0.25) is 4.79 Å². The van der Waals surface area contributed by atoms with Crippen molar-refractivity contribution in [3.63, 3.8) is 0 Å². The molecule has 2 unspecified atom stereocenters. The number of halogens is 1. The predicted molar refractivity (Wildman–Crippen MR) is 82.6 cm³/mol. The second-order valence-electron chi connectivity index (χ2n) is 5.38. The molecule has 0 aliphatic carbocycles. The van der Waals surface area contributed by atoms with Gasteiger partial charge in [-0.15, -0.1) is 0 Å². The molecule has 0 aromatic carbocycles. The van der Waals surface area contributed by atoms with Gasteiger partial charge in [-0.05, 0) is 32.7 Å². The first-order chi connectivity index (χ1) is 9.56. The molecule has 0 saturated carbocycles. The Balaban J connectivity index is 2.33. The van der Waals surface area contributed by atoms with Crippen LogP contribution in [0.5, 0.6) is 0 Å². The van der Waals surface area contributed by atoms with Crippen molar-refractivity contribution in [1.29, 1.82) is 0 Å². The standard InChI is InChI=1S/C14H23ClN4O/c1-4-16-10(2)11-7-5-6-8-19(11)12-9-17-18(3)14(20)13(12)15/h9-11,16H,4-8H2,1-3H3. The van der Waals surface area contributed by atoms with Crippen molar-refractivity contribution >= 4 is 17.3 Å². The molecule has 0 radical (unpaired) electrons. The van der Waals surface area contributed by atoms with E-state index in [4.69, 9.17) is 11.6 Å². The van der Waals surface area contributed by atoms with Crippen molar-refractivity contribution in [2.75, 3.05) is 18.0 Å². The third kappa shape index (κ3) is 2.99. The smallest absolute Gasteiger partial charge is 0.287 e. The van der Waals surface area contributed by atoms with E-state index in [1.54, 1.807) is 13.2 Å². The molecule has 1 aromatic heterocycles. The van der Waals surface area contributed by atoms with Gasteiger partial charge < -0.3 is 10.2 Å². The van der Waals surface area contributed by atoms with Crippen LogP contribution in [0.4, 0.5) is 5.69 Å². The molecule has 20 heavy (non-hydrogen) atoms. The molecule has 1 aliphatic heterocycles. The Morgan fingerprint density at radius 2 is 2.30 bits per heavy atom. The van der Waals surface area contributed by atoms with Gasteiger partial charge in [0.1, 0.15) is 5.02 Å². The van der Waals surface area contributed by atoms with E-state index in [0.717, 1.165) is 31.6 Å². The number of nitrogens with one attached hydrogen (secondary N) is 1. The molecule has 1 fully saturated rings. The van der Waals surface area contributed by atoms with Crippen molar-refractivity contribution in [3.05, 3.63) is 21.6 Å². The largest absolute Gasteiger partial charge is 0.364 e. The quantitative estimate of drug-likeness (QED) is 0.921. The highest BCUT2D eigenvalue weighted by molar-refractivity contribution is 6.33. The molecule has 112 valence electrons. The van der Waals surface area contributed by atoms with Gasteiger partial charge >= 0.3 is 0 Å². The molecule has 2 heterocycles. The summed E-state index contributed by atoms with van der Waals surface area (Å²) in [4.78, 5) is 14.2. The second-order valence-corrected chi connectivity index (χ2v) is 5.75. The van der Waals surface area contributed by atoms with E-state index in [0.29, 0.717) is 12.1 Å². The van der Waals surface area contributed by atoms with Crippen LogP contribution in [0.3, 0.4) is 0 Å². The Hall–Kier alpha value is -1.07. The molecule has 1 aliphatic rings. The van der Waals surface area contributed by atoms with Crippen LogP contribution in [0, 0.1) is 0 Å². The zero-order valence-corrected chi connectivity index (χ0v) is 13.2. The maximum atomic E-state index is 12.0. The molecule has 0 bridgehead atoms. The molecule has 1 saturated heterocycles. The van der Waals surface area contributed by atoms with Crippen molar-refractivity contribution in [1.82, 2.24) is 15.1 Å². The highest BCUT2D eigenvalue weighted by Gasteiger charge is 2.29. The highest BCUT2D eigenvalue weighted by Crippen LogP contribution is 2.29. The van der Waals surface area contributed by atoms with Crippen LogP contribution in [-0.2, 0) is 7.05 Å². The number of hydrogen-bond donors (Lipinski definition) is 1. The monoisotopic (exact) mass is 298 g/mol. The number of aromatic nitrogens is 2. The first kappa shape index (κ1) is 15.3. The molecule has 1 aromatic rings. The average Bonchev–Trinajstić information content (AvgIpc) is 2.45. The number of likely N-dealkylation sites (N-methyl/N-ethyl adjacent to an activating group) is 1. The number of anilines is 1. The minimum atomic E-state index is -0.232. The van der Waals surface area contributed by atoms with Crippen LogP contribution in [-0.4, -0.2) is 35.0 Å². The molecule has 0 amide bonds. The van der Waals surface area contributed by atoms with Crippen LogP contribution in [0.1, 0.15) is 33.1 Å². The van der Waals surface area contributed by atoms with Crippen LogP contribution in [0.25, 0.3) is 0 Å². The highest BCUT2D eigenvalue weighted by atomic mass is 35.5. The topological polar surface area (TPSA) is 50.2 Å². The fourth-order valence-corrected chi connectivity index (χ4v) is 3.22. The lowest BCUT2D eigenvalue weighted by Crippen LogP contribution is -2.51. The van der Waals surface area contributed by atoms with Crippen LogP contribution >= 0.6 is 11.6 Å². The molecule has 5 nitrogen and oxygen atoms in total. The lowest BCUT2D eigenvalue weighted by Gasteiger charge is -2.41. The molecule has 2 rings (SSSR count). The van der Waals surface area contributed by atoms with Gasteiger partial charge in [0.25, 0.3) is 5.56 Å². The Morgan fingerprint density at radius 1 is 1.55 bits per heavy atom. The van der Waals surface area contributed by atoms with Crippen molar-refractivity contribution in [3.8, 4) is 0 Å². The minimum absolute atomic E-state index is 0.232. The molecule has 1 N–H and O–H groups in total. The predicted octanol–water partition coefficient (Wildman–Crippen LogP) is 1.79. The Kier molecular flexibility index (Phi) is 5.05. The number of nitrogens with zero attached hydrogens (tertiary/aromatic N) is 3. The van der Waals surface area contributed by atoms with E-state index >= 15 is 0 Å². The van der Waals surface area contributed by atoms with Gasteiger partial charge in [0, 0.05) is 25.7 Å². The summed E-state index contributed by atoms with van der Waals surface area (Å²) in [5.74, 6) is 0. The molecule has 2 atom stereocenters. The number of hydrogen-bond acceptors (Lipinski definition) is 4. The summed E-state index contributed by atoms with van der Waals surface area (Å²) in [6.45, 7) is 6.16. The summed E-state index contributed by atoms with van der Waals surface area (Å²) in [5.41, 5.74) is 0.536. The van der Waals surface area contributed by atoms with E-state index in [2.05, 4.69) is 29.2 Å².